The second kappa shape index (κ2) is 6.59. The van der Waals surface area contributed by atoms with Crippen LogP contribution in [-0.4, -0.2) is 28.6 Å². The van der Waals surface area contributed by atoms with Crippen LogP contribution in [0.25, 0.3) is 0 Å². The maximum atomic E-state index is 11.3. The molecule has 0 atom stereocenters. The number of aromatic carboxylic acids is 1. The van der Waals surface area contributed by atoms with Gasteiger partial charge in [0.1, 0.15) is 0 Å². The van der Waals surface area contributed by atoms with Gasteiger partial charge in [-0.2, -0.15) is 11.8 Å². The molecule has 4 nitrogen and oxygen atoms in total. The molecule has 0 bridgehead atoms. The smallest absolute Gasteiger partial charge is 0.337 e. The van der Waals surface area contributed by atoms with E-state index < -0.39 is 5.97 Å². The topological polar surface area (TPSA) is 75.3 Å². The summed E-state index contributed by atoms with van der Waals surface area (Å²) in [6.45, 7) is 0. The number of nitrogens with two attached hydrogens (primary N) is 1. The SMILES string of the molecule is CSC1CCC(Nc2c(Cl)cc(N)cc2C(=O)O)CC1. The van der Waals surface area contributed by atoms with Crippen molar-refractivity contribution in [1.82, 2.24) is 0 Å². The molecule has 0 radical (unpaired) electrons. The Bertz CT molecular complexity index is 502. The molecule has 0 spiro atoms. The van der Waals surface area contributed by atoms with E-state index in [9.17, 15) is 9.90 Å². The van der Waals surface area contributed by atoms with Crippen LogP contribution in [0.4, 0.5) is 11.4 Å². The molecule has 1 fully saturated rings. The number of nitrogens with one attached hydrogen (secondary N) is 1. The summed E-state index contributed by atoms with van der Waals surface area (Å²) in [5.74, 6) is -1.01. The average molecular weight is 315 g/mol. The molecule has 20 heavy (non-hydrogen) atoms. The molecule has 0 aliphatic heterocycles. The fourth-order valence-corrected chi connectivity index (χ4v) is 3.62. The molecule has 1 aliphatic carbocycles. The van der Waals surface area contributed by atoms with Gasteiger partial charge in [0.05, 0.1) is 16.3 Å². The van der Waals surface area contributed by atoms with Crippen molar-refractivity contribution in [3.8, 4) is 0 Å². The second-order valence-corrected chi connectivity index (χ2v) is 6.63. The zero-order valence-electron chi connectivity index (χ0n) is 11.4. The largest absolute Gasteiger partial charge is 0.478 e. The van der Waals surface area contributed by atoms with Crippen molar-refractivity contribution in [2.75, 3.05) is 17.3 Å². The lowest BCUT2D eigenvalue weighted by Crippen LogP contribution is -2.28. The van der Waals surface area contributed by atoms with Crippen molar-refractivity contribution in [1.29, 1.82) is 0 Å². The van der Waals surface area contributed by atoms with Gasteiger partial charge in [-0.3, -0.25) is 0 Å². The third-order valence-electron chi connectivity index (χ3n) is 3.70. The van der Waals surface area contributed by atoms with Crippen molar-refractivity contribution >= 4 is 40.7 Å². The molecule has 0 amide bonds. The number of thioether (sulfide) groups is 1. The van der Waals surface area contributed by atoms with E-state index in [1.54, 1.807) is 6.07 Å². The molecular weight excluding hydrogens is 296 g/mol. The van der Waals surface area contributed by atoms with Crippen LogP contribution >= 0.6 is 23.4 Å². The van der Waals surface area contributed by atoms with Crippen molar-refractivity contribution < 1.29 is 9.90 Å². The lowest BCUT2D eigenvalue weighted by atomic mass is 9.94. The predicted octanol–water partition coefficient (Wildman–Crippen LogP) is 3.71. The molecule has 1 saturated carbocycles. The molecular formula is C14H19ClN2O2S. The first-order valence-corrected chi connectivity index (χ1v) is 8.29. The van der Waals surface area contributed by atoms with Gasteiger partial charge in [-0.1, -0.05) is 11.6 Å². The quantitative estimate of drug-likeness (QED) is 0.739. The highest BCUT2D eigenvalue weighted by atomic mass is 35.5. The molecule has 1 aliphatic rings. The van der Waals surface area contributed by atoms with Crippen molar-refractivity contribution in [3.63, 3.8) is 0 Å². The van der Waals surface area contributed by atoms with E-state index in [2.05, 4.69) is 11.6 Å². The number of nitrogen functional groups attached to an aromatic ring is 1. The summed E-state index contributed by atoms with van der Waals surface area (Å²) in [7, 11) is 0. The lowest BCUT2D eigenvalue weighted by Gasteiger charge is -2.29. The maximum Gasteiger partial charge on any atom is 0.337 e. The van der Waals surface area contributed by atoms with Gasteiger partial charge in [-0.25, -0.2) is 4.79 Å². The van der Waals surface area contributed by atoms with E-state index in [0.29, 0.717) is 21.6 Å². The Morgan fingerprint density at radius 1 is 1.40 bits per heavy atom. The number of halogens is 1. The molecule has 4 N–H and O–H groups in total. The maximum absolute atomic E-state index is 11.3. The predicted molar refractivity (Wildman–Crippen MR) is 86.0 cm³/mol. The Morgan fingerprint density at radius 2 is 2.05 bits per heavy atom. The Balaban J connectivity index is 2.15. The number of benzene rings is 1. The van der Waals surface area contributed by atoms with Crippen molar-refractivity contribution in [3.05, 3.63) is 22.7 Å². The summed E-state index contributed by atoms with van der Waals surface area (Å²) in [6.07, 6.45) is 6.50. The van der Waals surface area contributed by atoms with Crippen LogP contribution in [0.15, 0.2) is 12.1 Å². The summed E-state index contributed by atoms with van der Waals surface area (Å²) in [5, 5.41) is 13.6. The first-order valence-electron chi connectivity index (χ1n) is 6.63. The van der Waals surface area contributed by atoms with E-state index in [0.717, 1.165) is 25.7 Å². The van der Waals surface area contributed by atoms with E-state index in [1.807, 2.05) is 11.8 Å². The first-order chi connectivity index (χ1) is 9.51. The molecule has 1 aromatic carbocycles. The highest BCUT2D eigenvalue weighted by Gasteiger charge is 2.23. The number of carboxylic acid groups (broad SMARTS) is 1. The molecule has 110 valence electrons. The van der Waals surface area contributed by atoms with Gasteiger partial charge in [0.2, 0.25) is 0 Å². The zero-order chi connectivity index (χ0) is 14.7. The lowest BCUT2D eigenvalue weighted by molar-refractivity contribution is 0.0698. The van der Waals surface area contributed by atoms with Crippen LogP contribution in [-0.2, 0) is 0 Å². The van der Waals surface area contributed by atoms with E-state index >= 15 is 0 Å². The zero-order valence-corrected chi connectivity index (χ0v) is 12.9. The van der Waals surface area contributed by atoms with E-state index in [-0.39, 0.29) is 11.6 Å². The number of rotatable bonds is 4. The highest BCUT2D eigenvalue weighted by Crippen LogP contribution is 2.33. The van der Waals surface area contributed by atoms with Gasteiger partial charge in [-0.15, -0.1) is 0 Å². The van der Waals surface area contributed by atoms with Gasteiger partial charge in [0.15, 0.2) is 0 Å². The number of hydrogen-bond acceptors (Lipinski definition) is 4. The van der Waals surface area contributed by atoms with Crippen LogP contribution < -0.4 is 11.1 Å². The van der Waals surface area contributed by atoms with Gasteiger partial charge in [0, 0.05) is 17.0 Å². The molecule has 0 saturated heterocycles. The minimum atomic E-state index is -1.01. The summed E-state index contributed by atoms with van der Waals surface area (Å²) in [6, 6.07) is 3.31. The monoisotopic (exact) mass is 314 g/mol. The Kier molecular flexibility index (Phi) is 5.05. The molecule has 2 rings (SSSR count). The van der Waals surface area contributed by atoms with Crippen molar-refractivity contribution in [2.24, 2.45) is 0 Å². The number of carboxylic acids is 1. The average Bonchev–Trinajstić information content (AvgIpc) is 2.42. The Morgan fingerprint density at radius 3 is 2.60 bits per heavy atom. The van der Waals surface area contributed by atoms with Crippen LogP contribution in [0.1, 0.15) is 36.0 Å². The summed E-state index contributed by atoms with van der Waals surface area (Å²) in [5.41, 5.74) is 6.65. The minimum Gasteiger partial charge on any atom is -0.478 e. The summed E-state index contributed by atoms with van der Waals surface area (Å²) >= 11 is 8.05. The third-order valence-corrected chi connectivity index (χ3v) is 5.14. The fraction of sp³-hybridized carbons (Fsp3) is 0.500. The van der Waals surface area contributed by atoms with Crippen LogP contribution in [0.5, 0.6) is 0 Å². The molecule has 0 heterocycles. The number of hydrogen-bond donors (Lipinski definition) is 3. The molecule has 1 aromatic rings. The van der Waals surface area contributed by atoms with Gasteiger partial charge in [0.25, 0.3) is 0 Å². The first kappa shape index (κ1) is 15.3. The van der Waals surface area contributed by atoms with Gasteiger partial charge in [-0.05, 0) is 44.1 Å². The molecule has 6 heteroatoms. The van der Waals surface area contributed by atoms with Gasteiger partial charge < -0.3 is 16.2 Å². The Hall–Kier alpha value is -1.07. The van der Waals surface area contributed by atoms with Crippen LogP contribution in [0, 0.1) is 0 Å². The van der Waals surface area contributed by atoms with E-state index in [4.69, 9.17) is 17.3 Å². The Labute approximate surface area is 128 Å². The van der Waals surface area contributed by atoms with Crippen LogP contribution in [0.3, 0.4) is 0 Å². The van der Waals surface area contributed by atoms with Crippen LogP contribution in [0.2, 0.25) is 5.02 Å². The van der Waals surface area contributed by atoms with Gasteiger partial charge >= 0.3 is 5.97 Å². The third kappa shape index (κ3) is 3.52. The summed E-state index contributed by atoms with van der Waals surface area (Å²) < 4.78 is 0. The number of carbonyl (C=O) groups is 1. The molecule has 0 unspecified atom stereocenters. The number of anilines is 2. The standard InChI is InChI=1S/C14H19ClN2O2S/c1-20-10-4-2-9(3-5-10)17-13-11(14(18)19)6-8(16)7-12(13)15/h6-7,9-10,17H,2-5,16H2,1H3,(H,18,19). The highest BCUT2D eigenvalue weighted by molar-refractivity contribution is 7.99. The normalized spacial score (nSPS) is 22.5. The van der Waals surface area contributed by atoms with E-state index in [1.165, 1.54) is 6.07 Å². The minimum absolute atomic E-state index is 0.141. The second-order valence-electron chi connectivity index (χ2n) is 5.08. The molecule has 0 aromatic heterocycles. The fourth-order valence-electron chi connectivity index (χ4n) is 2.59. The summed E-state index contributed by atoms with van der Waals surface area (Å²) in [4.78, 5) is 11.3. The van der Waals surface area contributed by atoms with Crippen molar-refractivity contribution in [2.45, 2.75) is 37.0 Å².